The van der Waals surface area contributed by atoms with Crippen molar-refractivity contribution in [2.24, 2.45) is 0 Å². The SMILES string of the molecule is Cc1ccnc(-c2ccc3cc(C#N)ccc3n2)c1. The van der Waals surface area contributed by atoms with Crippen molar-refractivity contribution in [2.75, 3.05) is 0 Å². The standard InChI is InChI=1S/C16H11N3/c1-11-6-7-18-16(8-11)15-5-3-13-9-12(10-17)2-4-14(13)19-15/h2-9H,1H3. The normalized spacial score (nSPS) is 10.3. The van der Waals surface area contributed by atoms with E-state index in [9.17, 15) is 0 Å². The number of aromatic nitrogens is 2. The fourth-order valence-corrected chi connectivity index (χ4v) is 2.01. The Morgan fingerprint density at radius 3 is 2.68 bits per heavy atom. The lowest BCUT2D eigenvalue weighted by molar-refractivity contribution is 1.25. The van der Waals surface area contributed by atoms with Crippen molar-refractivity contribution >= 4 is 10.9 Å². The summed E-state index contributed by atoms with van der Waals surface area (Å²) in [5.74, 6) is 0. The van der Waals surface area contributed by atoms with Gasteiger partial charge in [0.25, 0.3) is 0 Å². The highest BCUT2D eigenvalue weighted by atomic mass is 14.8. The molecule has 0 fully saturated rings. The highest BCUT2D eigenvalue weighted by Gasteiger charge is 2.03. The van der Waals surface area contributed by atoms with Gasteiger partial charge in [0.1, 0.15) is 0 Å². The maximum Gasteiger partial charge on any atom is 0.0991 e. The molecule has 0 bridgehead atoms. The van der Waals surface area contributed by atoms with Gasteiger partial charge in [0.05, 0.1) is 28.5 Å². The fourth-order valence-electron chi connectivity index (χ4n) is 2.01. The topological polar surface area (TPSA) is 49.6 Å². The Bertz CT molecular complexity index is 800. The first-order valence-electron chi connectivity index (χ1n) is 6.00. The molecule has 0 saturated heterocycles. The van der Waals surface area contributed by atoms with Gasteiger partial charge in [-0.05, 0) is 48.9 Å². The summed E-state index contributed by atoms with van der Waals surface area (Å²) in [7, 11) is 0. The monoisotopic (exact) mass is 245 g/mol. The molecule has 0 N–H and O–H groups in total. The van der Waals surface area contributed by atoms with Crippen LogP contribution in [-0.4, -0.2) is 9.97 Å². The minimum Gasteiger partial charge on any atom is -0.255 e. The van der Waals surface area contributed by atoms with Gasteiger partial charge < -0.3 is 0 Å². The summed E-state index contributed by atoms with van der Waals surface area (Å²) in [6.45, 7) is 2.03. The van der Waals surface area contributed by atoms with E-state index in [1.165, 1.54) is 0 Å². The van der Waals surface area contributed by atoms with E-state index in [1.807, 2.05) is 43.3 Å². The first-order chi connectivity index (χ1) is 9.26. The van der Waals surface area contributed by atoms with E-state index in [4.69, 9.17) is 5.26 Å². The highest BCUT2D eigenvalue weighted by molar-refractivity contribution is 5.82. The van der Waals surface area contributed by atoms with Gasteiger partial charge in [-0.15, -0.1) is 0 Å². The number of nitriles is 1. The number of rotatable bonds is 1. The van der Waals surface area contributed by atoms with Crippen LogP contribution in [0.5, 0.6) is 0 Å². The van der Waals surface area contributed by atoms with Crippen LogP contribution in [-0.2, 0) is 0 Å². The van der Waals surface area contributed by atoms with Crippen LogP contribution in [0.15, 0.2) is 48.7 Å². The second-order valence-corrected chi connectivity index (χ2v) is 4.43. The minimum absolute atomic E-state index is 0.649. The lowest BCUT2D eigenvalue weighted by Gasteiger charge is -2.03. The number of fused-ring (bicyclic) bond motifs is 1. The van der Waals surface area contributed by atoms with E-state index in [0.29, 0.717) is 5.56 Å². The molecule has 0 radical (unpaired) electrons. The molecule has 0 aliphatic carbocycles. The predicted molar refractivity (Wildman–Crippen MR) is 74.4 cm³/mol. The van der Waals surface area contributed by atoms with Gasteiger partial charge in [-0.1, -0.05) is 6.07 Å². The lowest BCUT2D eigenvalue weighted by Crippen LogP contribution is -1.89. The third-order valence-corrected chi connectivity index (χ3v) is 3.00. The Hall–Kier alpha value is -2.73. The Labute approximate surface area is 111 Å². The summed E-state index contributed by atoms with van der Waals surface area (Å²) in [4.78, 5) is 8.93. The highest BCUT2D eigenvalue weighted by Crippen LogP contribution is 2.20. The van der Waals surface area contributed by atoms with Crippen LogP contribution < -0.4 is 0 Å². The molecule has 0 atom stereocenters. The first-order valence-corrected chi connectivity index (χ1v) is 6.00. The molecule has 0 spiro atoms. The zero-order valence-electron chi connectivity index (χ0n) is 10.5. The molecular weight excluding hydrogens is 234 g/mol. The van der Waals surface area contributed by atoms with Crippen molar-refractivity contribution < 1.29 is 0 Å². The molecule has 0 aliphatic heterocycles. The molecule has 3 nitrogen and oxygen atoms in total. The Morgan fingerprint density at radius 1 is 1.00 bits per heavy atom. The molecule has 2 heterocycles. The summed E-state index contributed by atoms with van der Waals surface area (Å²) in [6, 6.07) is 15.5. The molecular formula is C16H11N3. The second-order valence-electron chi connectivity index (χ2n) is 4.43. The average Bonchev–Trinajstić information content (AvgIpc) is 2.46. The molecule has 0 aliphatic rings. The molecule has 0 amide bonds. The van der Waals surface area contributed by atoms with E-state index < -0.39 is 0 Å². The van der Waals surface area contributed by atoms with E-state index in [-0.39, 0.29) is 0 Å². The molecule has 1 aromatic carbocycles. The number of pyridine rings is 2. The molecule has 0 saturated carbocycles. The molecule has 0 unspecified atom stereocenters. The van der Waals surface area contributed by atoms with E-state index in [1.54, 1.807) is 12.3 Å². The number of aryl methyl sites for hydroxylation is 1. The largest absolute Gasteiger partial charge is 0.255 e. The third kappa shape index (κ3) is 2.16. The zero-order valence-corrected chi connectivity index (χ0v) is 10.5. The van der Waals surface area contributed by atoms with E-state index in [0.717, 1.165) is 27.9 Å². The first kappa shape index (κ1) is 11.4. The van der Waals surface area contributed by atoms with Gasteiger partial charge in [0.2, 0.25) is 0 Å². The summed E-state index contributed by atoms with van der Waals surface area (Å²) >= 11 is 0. The Morgan fingerprint density at radius 2 is 1.89 bits per heavy atom. The van der Waals surface area contributed by atoms with Crippen LogP contribution in [0.25, 0.3) is 22.3 Å². The fraction of sp³-hybridized carbons (Fsp3) is 0.0625. The molecule has 3 heteroatoms. The summed E-state index contributed by atoms with van der Waals surface area (Å²) < 4.78 is 0. The van der Waals surface area contributed by atoms with Crippen molar-refractivity contribution in [2.45, 2.75) is 6.92 Å². The van der Waals surface area contributed by atoms with Gasteiger partial charge in [-0.3, -0.25) is 4.98 Å². The van der Waals surface area contributed by atoms with Crippen LogP contribution in [0.4, 0.5) is 0 Å². The number of nitrogens with zero attached hydrogens (tertiary/aromatic N) is 3. The van der Waals surface area contributed by atoms with Gasteiger partial charge in [-0.2, -0.15) is 5.26 Å². The summed E-state index contributed by atoms with van der Waals surface area (Å²) in [5.41, 5.74) is 4.40. The minimum atomic E-state index is 0.649. The van der Waals surface area contributed by atoms with Crippen molar-refractivity contribution in [1.82, 2.24) is 9.97 Å². The van der Waals surface area contributed by atoms with Crippen molar-refractivity contribution in [3.05, 3.63) is 59.8 Å². The number of hydrogen-bond acceptors (Lipinski definition) is 3. The Balaban J connectivity index is 2.15. The van der Waals surface area contributed by atoms with Gasteiger partial charge >= 0.3 is 0 Å². The molecule has 2 aromatic heterocycles. The average molecular weight is 245 g/mol. The van der Waals surface area contributed by atoms with Gasteiger partial charge in [0, 0.05) is 11.6 Å². The van der Waals surface area contributed by atoms with Crippen molar-refractivity contribution in [3.63, 3.8) is 0 Å². The number of benzene rings is 1. The molecule has 3 aromatic rings. The van der Waals surface area contributed by atoms with Gasteiger partial charge in [0.15, 0.2) is 0 Å². The summed E-state index contributed by atoms with van der Waals surface area (Å²) in [5, 5.41) is 9.85. The third-order valence-electron chi connectivity index (χ3n) is 3.00. The van der Waals surface area contributed by atoms with E-state index in [2.05, 4.69) is 16.0 Å². The van der Waals surface area contributed by atoms with Crippen LogP contribution in [0.3, 0.4) is 0 Å². The van der Waals surface area contributed by atoms with Crippen LogP contribution in [0.2, 0.25) is 0 Å². The Kier molecular flexibility index (Phi) is 2.70. The summed E-state index contributed by atoms with van der Waals surface area (Å²) in [6.07, 6.45) is 1.79. The van der Waals surface area contributed by atoms with E-state index >= 15 is 0 Å². The predicted octanol–water partition coefficient (Wildman–Crippen LogP) is 3.48. The lowest BCUT2D eigenvalue weighted by atomic mass is 10.1. The van der Waals surface area contributed by atoms with Crippen LogP contribution in [0.1, 0.15) is 11.1 Å². The number of hydrogen-bond donors (Lipinski definition) is 0. The zero-order chi connectivity index (χ0) is 13.2. The van der Waals surface area contributed by atoms with Crippen molar-refractivity contribution in [3.8, 4) is 17.5 Å². The molecule has 19 heavy (non-hydrogen) atoms. The maximum absolute atomic E-state index is 8.88. The van der Waals surface area contributed by atoms with Crippen LogP contribution in [0, 0.1) is 18.3 Å². The van der Waals surface area contributed by atoms with Crippen LogP contribution >= 0.6 is 0 Å². The maximum atomic E-state index is 8.88. The van der Waals surface area contributed by atoms with Crippen molar-refractivity contribution in [1.29, 1.82) is 5.26 Å². The molecule has 90 valence electrons. The smallest absolute Gasteiger partial charge is 0.0991 e. The molecule has 3 rings (SSSR count). The second kappa shape index (κ2) is 4.51. The van der Waals surface area contributed by atoms with Gasteiger partial charge in [-0.25, -0.2) is 4.98 Å². The quantitative estimate of drug-likeness (QED) is 0.659.